The summed E-state index contributed by atoms with van der Waals surface area (Å²) >= 11 is 1.80. The zero-order chi connectivity index (χ0) is 24.5. The van der Waals surface area contributed by atoms with Crippen LogP contribution < -0.4 is 10.0 Å². The Balaban J connectivity index is 1.41. The molecule has 0 N–H and O–H groups in total. The lowest BCUT2D eigenvalue weighted by atomic mass is 9.96. The third-order valence-electron chi connectivity index (χ3n) is 5.78. The summed E-state index contributed by atoms with van der Waals surface area (Å²) in [5.41, 5.74) is 1.43. The van der Waals surface area contributed by atoms with Crippen molar-refractivity contribution in [2.24, 2.45) is 0 Å². The van der Waals surface area contributed by atoms with Gasteiger partial charge in [-0.05, 0) is 59.3 Å². The van der Waals surface area contributed by atoms with Crippen molar-refractivity contribution in [3.05, 3.63) is 64.0 Å². The van der Waals surface area contributed by atoms with E-state index in [0.29, 0.717) is 6.61 Å². The van der Waals surface area contributed by atoms with Gasteiger partial charge in [0.25, 0.3) is 0 Å². The highest BCUT2D eigenvalue weighted by Gasteiger charge is 2.34. The number of hydrogen-bond acceptors (Lipinski definition) is 3. The predicted molar refractivity (Wildman–Crippen MR) is 129 cm³/mol. The number of benzene rings is 2. The molecule has 3 atom stereocenters. The third kappa shape index (κ3) is 5.78. The molecule has 0 radical (unpaired) electrons. The van der Waals surface area contributed by atoms with Crippen LogP contribution in [-0.4, -0.2) is 19.1 Å². The molecule has 0 bridgehead atoms. The highest BCUT2D eigenvalue weighted by atomic mass is 32.1. The van der Waals surface area contributed by atoms with Crippen molar-refractivity contribution in [2.75, 3.05) is 6.61 Å². The monoisotopic (exact) mass is 514 g/mol. The van der Waals surface area contributed by atoms with E-state index in [2.05, 4.69) is 39.1 Å². The number of alkyl halides is 3. The van der Waals surface area contributed by atoms with E-state index >= 15 is 0 Å². The van der Waals surface area contributed by atoms with Crippen molar-refractivity contribution >= 4 is 42.0 Å². The maximum atomic E-state index is 13.9. The van der Waals surface area contributed by atoms with Gasteiger partial charge in [0.1, 0.15) is 0 Å². The van der Waals surface area contributed by atoms with E-state index < -0.39 is 23.7 Å². The van der Waals surface area contributed by atoms with E-state index in [0.717, 1.165) is 37.8 Å². The van der Waals surface area contributed by atoms with Crippen LogP contribution in [0.3, 0.4) is 0 Å². The molecule has 3 unspecified atom stereocenters. The van der Waals surface area contributed by atoms with Crippen LogP contribution in [0.1, 0.15) is 48.1 Å². The first-order chi connectivity index (χ1) is 16.1. The van der Waals surface area contributed by atoms with Crippen LogP contribution in [0, 0.1) is 11.6 Å². The molecule has 1 aliphatic heterocycles. The Bertz CT molecular complexity index is 1170. The fourth-order valence-corrected chi connectivity index (χ4v) is 6.24. The summed E-state index contributed by atoms with van der Waals surface area (Å²) in [4.78, 5) is 1.29. The first-order valence-electron chi connectivity index (χ1n) is 11.0. The average Bonchev–Trinajstić information content (AvgIpc) is 3.10. The molecule has 34 heavy (non-hydrogen) atoms. The van der Waals surface area contributed by atoms with Gasteiger partial charge in [0, 0.05) is 15.5 Å². The van der Waals surface area contributed by atoms with Crippen molar-refractivity contribution in [1.29, 1.82) is 0 Å². The topological polar surface area (TPSA) is 18.5 Å². The van der Waals surface area contributed by atoms with E-state index in [1.165, 1.54) is 31.9 Å². The van der Waals surface area contributed by atoms with Crippen LogP contribution in [0.15, 0.2) is 36.4 Å². The Labute approximate surface area is 201 Å². The smallest absolute Gasteiger partial charge is 0.399 e. The fraction of sp³-hybridized carbons (Fsp3) is 0.360. The molecule has 4 rings (SSSR count). The summed E-state index contributed by atoms with van der Waals surface area (Å²) in [6.07, 6.45) is 1.49. The van der Waals surface area contributed by atoms with Gasteiger partial charge < -0.3 is 9.47 Å². The molecular formula is C25H24F5O2PS. The van der Waals surface area contributed by atoms with Gasteiger partial charge in [0.15, 0.2) is 11.6 Å². The van der Waals surface area contributed by atoms with E-state index in [1.807, 2.05) is 0 Å². The Hall–Kier alpha value is -2.02. The molecule has 2 aromatic carbocycles. The average molecular weight is 514 g/mol. The van der Waals surface area contributed by atoms with Crippen LogP contribution in [-0.2, 0) is 11.2 Å². The zero-order valence-electron chi connectivity index (χ0n) is 18.4. The van der Waals surface area contributed by atoms with Gasteiger partial charge in [-0.15, -0.1) is 33.7 Å². The second kappa shape index (κ2) is 10.3. The van der Waals surface area contributed by atoms with Crippen molar-refractivity contribution in [1.82, 2.24) is 0 Å². The second-order valence-electron chi connectivity index (χ2n) is 8.33. The van der Waals surface area contributed by atoms with Crippen LogP contribution in [0.4, 0.5) is 22.0 Å². The molecule has 1 fully saturated rings. The molecule has 3 aromatic rings. The SMILES string of the molecule is CCCc1ccc2c(P)c(C3CCC(/C=C/c4cc(F)c(OC(F)(F)F)c(F)c4)OC3)sc2c1. The minimum absolute atomic E-state index is 0.0925. The first kappa shape index (κ1) is 25.1. The lowest BCUT2D eigenvalue weighted by Crippen LogP contribution is -2.24. The molecule has 9 heteroatoms. The maximum Gasteiger partial charge on any atom is 0.573 e. The Morgan fingerprint density at radius 2 is 1.88 bits per heavy atom. The molecule has 0 aliphatic carbocycles. The van der Waals surface area contributed by atoms with E-state index in [-0.39, 0.29) is 17.6 Å². The standard InChI is InChI=1S/C25H24F5O2PS/c1-2-3-14-5-9-18-21(12-14)34-24(23(18)33)16-6-8-17(31-13-16)7-4-15-10-19(26)22(20(27)11-15)32-25(28,29)30/h4-5,7,9-12,16-17H,2-3,6,8,13,33H2,1H3/b7-4+. The second-order valence-corrected chi connectivity index (χ2v) is 9.99. The summed E-state index contributed by atoms with van der Waals surface area (Å²) < 4.78 is 75.4. The first-order valence-corrected chi connectivity index (χ1v) is 12.4. The molecule has 0 amide bonds. The molecule has 182 valence electrons. The van der Waals surface area contributed by atoms with Crippen LogP contribution in [0.5, 0.6) is 5.75 Å². The summed E-state index contributed by atoms with van der Waals surface area (Å²) in [5.74, 6) is -4.03. The summed E-state index contributed by atoms with van der Waals surface area (Å²) in [6, 6.07) is 8.23. The summed E-state index contributed by atoms with van der Waals surface area (Å²) in [7, 11) is 2.86. The van der Waals surface area contributed by atoms with Crippen molar-refractivity contribution in [2.45, 2.75) is 51.0 Å². The van der Waals surface area contributed by atoms with Crippen LogP contribution in [0.25, 0.3) is 16.2 Å². The fourth-order valence-electron chi connectivity index (χ4n) is 4.17. The lowest BCUT2D eigenvalue weighted by molar-refractivity contribution is -0.276. The Morgan fingerprint density at radius 3 is 2.50 bits per heavy atom. The van der Waals surface area contributed by atoms with E-state index in [9.17, 15) is 22.0 Å². The van der Waals surface area contributed by atoms with Gasteiger partial charge in [-0.25, -0.2) is 8.78 Å². The summed E-state index contributed by atoms with van der Waals surface area (Å²) in [6.45, 7) is 2.69. The zero-order valence-corrected chi connectivity index (χ0v) is 20.4. The largest absolute Gasteiger partial charge is 0.573 e. The molecule has 0 saturated carbocycles. The van der Waals surface area contributed by atoms with Gasteiger partial charge in [-0.3, -0.25) is 0 Å². The molecule has 2 heterocycles. The Morgan fingerprint density at radius 1 is 1.15 bits per heavy atom. The molecule has 1 saturated heterocycles. The minimum atomic E-state index is -5.17. The highest BCUT2D eigenvalue weighted by molar-refractivity contribution is 7.33. The molecule has 2 nitrogen and oxygen atoms in total. The molecule has 0 spiro atoms. The van der Waals surface area contributed by atoms with Gasteiger partial charge in [0.2, 0.25) is 5.75 Å². The Kier molecular flexibility index (Phi) is 7.60. The number of aryl methyl sites for hydroxylation is 1. The van der Waals surface area contributed by atoms with Crippen LogP contribution in [0.2, 0.25) is 0 Å². The van der Waals surface area contributed by atoms with Crippen molar-refractivity contribution in [3.8, 4) is 5.75 Å². The van der Waals surface area contributed by atoms with Gasteiger partial charge in [-0.1, -0.05) is 37.6 Å². The number of halogens is 5. The number of hydrogen-bond donors (Lipinski definition) is 0. The molecular weight excluding hydrogens is 490 g/mol. The number of thiophene rings is 1. The van der Waals surface area contributed by atoms with Crippen LogP contribution >= 0.6 is 20.6 Å². The van der Waals surface area contributed by atoms with Gasteiger partial charge >= 0.3 is 6.36 Å². The number of rotatable bonds is 6. The number of ether oxygens (including phenoxy) is 2. The van der Waals surface area contributed by atoms with Crippen molar-refractivity contribution < 1.29 is 31.4 Å². The van der Waals surface area contributed by atoms with E-state index in [1.54, 1.807) is 17.4 Å². The van der Waals surface area contributed by atoms with Gasteiger partial charge in [0.05, 0.1) is 12.7 Å². The van der Waals surface area contributed by atoms with E-state index in [4.69, 9.17) is 4.74 Å². The quantitative estimate of drug-likeness (QED) is 0.250. The lowest BCUT2D eigenvalue weighted by Gasteiger charge is -2.27. The highest BCUT2D eigenvalue weighted by Crippen LogP contribution is 2.37. The third-order valence-corrected chi connectivity index (χ3v) is 7.95. The minimum Gasteiger partial charge on any atom is -0.399 e. The molecule has 1 aromatic heterocycles. The molecule has 1 aliphatic rings. The summed E-state index contributed by atoms with van der Waals surface area (Å²) in [5, 5.41) is 2.45. The predicted octanol–water partition coefficient (Wildman–Crippen LogP) is 7.51. The number of fused-ring (bicyclic) bond motifs is 1. The van der Waals surface area contributed by atoms with Crippen molar-refractivity contribution in [3.63, 3.8) is 0 Å². The normalized spacial score (nSPS) is 19.3. The maximum absolute atomic E-state index is 13.9. The van der Waals surface area contributed by atoms with Gasteiger partial charge in [-0.2, -0.15) is 0 Å².